The number of pyridine rings is 1. The summed E-state index contributed by atoms with van der Waals surface area (Å²) in [7, 11) is 0. The minimum absolute atomic E-state index is 0.0994. The highest BCUT2D eigenvalue weighted by Crippen LogP contribution is 2.17. The predicted octanol–water partition coefficient (Wildman–Crippen LogP) is 2.68. The van der Waals surface area contributed by atoms with Crippen molar-refractivity contribution >= 4 is 0 Å². The molecule has 2 aromatic rings. The van der Waals surface area contributed by atoms with Crippen LogP contribution in [-0.4, -0.2) is 27.2 Å². The number of hydrogen-bond donors (Lipinski definition) is 1. The fourth-order valence-electron chi connectivity index (χ4n) is 1.98. The molecule has 5 heteroatoms. The predicted molar refractivity (Wildman–Crippen MR) is 78.5 cm³/mol. The molecule has 0 aliphatic carbocycles. The van der Waals surface area contributed by atoms with Gasteiger partial charge >= 0.3 is 0 Å². The number of hydrogen-bond acceptors (Lipinski definition) is 5. The zero-order valence-electron chi connectivity index (χ0n) is 12.8. The zero-order chi connectivity index (χ0) is 14.8. The summed E-state index contributed by atoms with van der Waals surface area (Å²) in [6.07, 6.45) is 0.729. The van der Waals surface area contributed by atoms with E-state index in [-0.39, 0.29) is 5.54 Å². The van der Waals surface area contributed by atoms with Gasteiger partial charge in [-0.15, -0.1) is 0 Å². The van der Waals surface area contributed by atoms with E-state index >= 15 is 0 Å². The number of nitrogens with one attached hydrogen (secondary N) is 1. The van der Waals surface area contributed by atoms with Gasteiger partial charge in [-0.25, -0.2) is 0 Å². The van der Waals surface area contributed by atoms with E-state index in [1.165, 1.54) is 0 Å². The summed E-state index contributed by atoms with van der Waals surface area (Å²) in [5.41, 5.74) is 2.97. The van der Waals surface area contributed by atoms with Crippen LogP contribution in [0.15, 0.2) is 16.7 Å². The van der Waals surface area contributed by atoms with E-state index in [9.17, 15) is 0 Å². The van der Waals surface area contributed by atoms with Crippen LogP contribution in [-0.2, 0) is 6.42 Å². The number of rotatable bonds is 4. The molecule has 0 aliphatic heterocycles. The van der Waals surface area contributed by atoms with Crippen LogP contribution < -0.4 is 5.32 Å². The molecule has 2 aromatic heterocycles. The van der Waals surface area contributed by atoms with Crippen LogP contribution in [0.1, 0.15) is 38.0 Å². The van der Waals surface area contributed by atoms with Crippen LogP contribution in [0.25, 0.3) is 11.4 Å². The van der Waals surface area contributed by atoms with Gasteiger partial charge in [0.25, 0.3) is 0 Å². The van der Waals surface area contributed by atoms with Gasteiger partial charge in [0.15, 0.2) is 0 Å². The molecule has 5 nitrogen and oxygen atoms in total. The topological polar surface area (TPSA) is 63.8 Å². The lowest BCUT2D eigenvalue weighted by atomic mass is 10.1. The minimum Gasteiger partial charge on any atom is -0.339 e. The molecule has 0 saturated heterocycles. The second-order valence-electron chi connectivity index (χ2n) is 6.08. The van der Waals surface area contributed by atoms with E-state index in [4.69, 9.17) is 4.52 Å². The highest BCUT2D eigenvalue weighted by Gasteiger charge is 2.12. The van der Waals surface area contributed by atoms with E-state index < -0.39 is 0 Å². The monoisotopic (exact) mass is 274 g/mol. The smallest absolute Gasteiger partial charge is 0.228 e. The summed E-state index contributed by atoms with van der Waals surface area (Å²) in [6.45, 7) is 11.1. The van der Waals surface area contributed by atoms with Gasteiger partial charge < -0.3 is 9.84 Å². The average Bonchev–Trinajstić information content (AvgIpc) is 2.74. The third kappa shape index (κ3) is 4.13. The Hall–Kier alpha value is -1.75. The third-order valence-corrected chi connectivity index (χ3v) is 2.80. The lowest BCUT2D eigenvalue weighted by Gasteiger charge is -2.19. The van der Waals surface area contributed by atoms with Crippen LogP contribution >= 0.6 is 0 Å². The first kappa shape index (κ1) is 14.7. The molecule has 1 N–H and O–H groups in total. The van der Waals surface area contributed by atoms with Crippen LogP contribution in [0, 0.1) is 13.8 Å². The fourth-order valence-corrected chi connectivity index (χ4v) is 1.98. The number of aryl methyl sites for hydroxylation is 2. The normalized spacial score (nSPS) is 11.8. The average molecular weight is 274 g/mol. The molecule has 0 bridgehead atoms. The van der Waals surface area contributed by atoms with Gasteiger partial charge in [0.05, 0.1) is 0 Å². The molecule has 0 aliphatic rings. The molecule has 0 atom stereocenters. The summed E-state index contributed by atoms with van der Waals surface area (Å²) < 4.78 is 5.29. The van der Waals surface area contributed by atoms with E-state index in [0.29, 0.717) is 11.7 Å². The molecule has 108 valence electrons. The van der Waals surface area contributed by atoms with Crippen molar-refractivity contribution in [1.29, 1.82) is 0 Å². The van der Waals surface area contributed by atoms with E-state index in [2.05, 4.69) is 41.2 Å². The Morgan fingerprint density at radius 3 is 2.35 bits per heavy atom. The molecule has 0 unspecified atom stereocenters. The Labute approximate surface area is 119 Å². The first-order valence-electron chi connectivity index (χ1n) is 6.87. The SMILES string of the molecule is Cc1cc(-c2noc(CCNC(C)(C)C)n2)cc(C)n1. The van der Waals surface area contributed by atoms with Gasteiger partial charge in [-0.3, -0.25) is 4.98 Å². The second-order valence-corrected chi connectivity index (χ2v) is 6.08. The maximum atomic E-state index is 5.29. The lowest BCUT2D eigenvalue weighted by molar-refractivity contribution is 0.362. The number of nitrogens with zero attached hydrogens (tertiary/aromatic N) is 3. The van der Waals surface area contributed by atoms with E-state index in [1.54, 1.807) is 0 Å². The maximum absolute atomic E-state index is 5.29. The van der Waals surface area contributed by atoms with Crippen molar-refractivity contribution in [2.75, 3.05) is 6.54 Å². The summed E-state index contributed by atoms with van der Waals surface area (Å²) >= 11 is 0. The summed E-state index contributed by atoms with van der Waals surface area (Å²) in [4.78, 5) is 8.78. The summed E-state index contributed by atoms with van der Waals surface area (Å²) in [6, 6.07) is 3.93. The first-order chi connectivity index (χ1) is 9.33. The Morgan fingerprint density at radius 2 is 1.75 bits per heavy atom. The van der Waals surface area contributed by atoms with Gasteiger partial charge in [-0.2, -0.15) is 4.98 Å². The Kier molecular flexibility index (Phi) is 4.18. The highest BCUT2D eigenvalue weighted by molar-refractivity contribution is 5.55. The summed E-state index contributed by atoms with van der Waals surface area (Å²) in [5.74, 6) is 1.29. The Bertz CT molecular complexity index is 564. The molecule has 20 heavy (non-hydrogen) atoms. The second kappa shape index (κ2) is 5.71. The third-order valence-electron chi connectivity index (χ3n) is 2.80. The largest absolute Gasteiger partial charge is 0.339 e. The standard InChI is InChI=1S/C15H22N4O/c1-10-8-12(9-11(2)17-10)14-18-13(20-19-14)6-7-16-15(3,4)5/h8-9,16H,6-7H2,1-5H3. The van der Waals surface area contributed by atoms with Gasteiger partial charge in [0, 0.05) is 35.5 Å². The Balaban J connectivity index is 2.05. The van der Waals surface area contributed by atoms with E-state index in [0.717, 1.165) is 29.9 Å². The van der Waals surface area contributed by atoms with Gasteiger partial charge in [-0.05, 0) is 46.8 Å². The van der Waals surface area contributed by atoms with Gasteiger partial charge in [-0.1, -0.05) is 5.16 Å². The van der Waals surface area contributed by atoms with Crippen molar-refractivity contribution in [2.24, 2.45) is 0 Å². The molecule has 0 amide bonds. The van der Waals surface area contributed by atoms with Crippen molar-refractivity contribution in [3.63, 3.8) is 0 Å². The minimum atomic E-state index is 0.0994. The molecule has 0 radical (unpaired) electrons. The van der Waals surface area contributed by atoms with Crippen LogP contribution in [0.2, 0.25) is 0 Å². The van der Waals surface area contributed by atoms with Crippen molar-refractivity contribution in [1.82, 2.24) is 20.4 Å². The molecule has 0 fully saturated rings. The van der Waals surface area contributed by atoms with Crippen molar-refractivity contribution in [3.8, 4) is 11.4 Å². The molecular weight excluding hydrogens is 252 g/mol. The summed E-state index contributed by atoms with van der Waals surface area (Å²) in [5, 5.41) is 7.44. The molecule has 0 aromatic carbocycles. The van der Waals surface area contributed by atoms with E-state index in [1.807, 2.05) is 26.0 Å². The van der Waals surface area contributed by atoms with Crippen LogP contribution in [0.5, 0.6) is 0 Å². The van der Waals surface area contributed by atoms with Crippen LogP contribution in [0.3, 0.4) is 0 Å². The molecule has 0 saturated carbocycles. The lowest BCUT2D eigenvalue weighted by Crippen LogP contribution is -2.37. The zero-order valence-corrected chi connectivity index (χ0v) is 12.8. The maximum Gasteiger partial charge on any atom is 0.228 e. The van der Waals surface area contributed by atoms with Gasteiger partial charge in [0.2, 0.25) is 11.7 Å². The molecular formula is C15H22N4O. The fraction of sp³-hybridized carbons (Fsp3) is 0.533. The van der Waals surface area contributed by atoms with Crippen LogP contribution in [0.4, 0.5) is 0 Å². The highest BCUT2D eigenvalue weighted by atomic mass is 16.5. The first-order valence-corrected chi connectivity index (χ1v) is 6.87. The quantitative estimate of drug-likeness (QED) is 0.928. The van der Waals surface area contributed by atoms with Crippen molar-refractivity contribution in [2.45, 2.75) is 46.6 Å². The number of aromatic nitrogens is 3. The van der Waals surface area contributed by atoms with Crippen molar-refractivity contribution in [3.05, 3.63) is 29.4 Å². The molecule has 0 spiro atoms. The Morgan fingerprint density at radius 1 is 1.10 bits per heavy atom. The van der Waals surface area contributed by atoms with Gasteiger partial charge in [0.1, 0.15) is 0 Å². The van der Waals surface area contributed by atoms with Crippen molar-refractivity contribution < 1.29 is 4.52 Å². The molecule has 2 rings (SSSR count). The molecule has 2 heterocycles.